The zero-order valence-corrected chi connectivity index (χ0v) is 9.70. The largest absolute Gasteiger partial charge is 0.312 e. The summed E-state index contributed by atoms with van der Waals surface area (Å²) in [7, 11) is 1.96. The molecule has 0 aliphatic rings. The molecule has 1 aromatic heterocycles. The van der Waals surface area contributed by atoms with Gasteiger partial charge < -0.3 is 5.32 Å². The van der Waals surface area contributed by atoms with Crippen molar-refractivity contribution in [3.05, 3.63) is 10.6 Å². The molecule has 0 aliphatic heterocycles. The average Bonchev–Trinajstić information content (AvgIpc) is 2.49. The van der Waals surface area contributed by atoms with Crippen molar-refractivity contribution in [2.45, 2.75) is 39.2 Å². The summed E-state index contributed by atoms with van der Waals surface area (Å²) in [4.78, 5) is 1.25. The van der Waals surface area contributed by atoms with Crippen LogP contribution < -0.4 is 5.32 Å². The fourth-order valence-electron chi connectivity index (χ4n) is 1.13. The molecule has 1 N–H and O–H groups in total. The van der Waals surface area contributed by atoms with E-state index in [1.165, 1.54) is 16.4 Å². The van der Waals surface area contributed by atoms with Gasteiger partial charge in [0.25, 0.3) is 0 Å². The highest BCUT2D eigenvalue weighted by Crippen LogP contribution is 2.29. The van der Waals surface area contributed by atoms with E-state index in [1.807, 2.05) is 7.05 Å². The first-order chi connectivity index (χ1) is 5.96. The van der Waals surface area contributed by atoms with Gasteiger partial charge in [0, 0.05) is 11.5 Å². The lowest BCUT2D eigenvalue weighted by atomic mass is 9.90. The molecule has 0 aliphatic carbocycles. The van der Waals surface area contributed by atoms with Crippen molar-refractivity contribution in [2.75, 3.05) is 7.05 Å². The highest BCUT2D eigenvalue weighted by Gasteiger charge is 2.24. The quantitative estimate of drug-likeness (QED) is 0.792. The summed E-state index contributed by atoms with van der Waals surface area (Å²) in [6.45, 7) is 8.62. The Bertz CT molecular complexity index is 275. The molecule has 1 aromatic rings. The first kappa shape index (κ1) is 10.6. The lowest BCUT2D eigenvalue weighted by molar-refractivity contribution is 0.544. The van der Waals surface area contributed by atoms with Gasteiger partial charge >= 0.3 is 0 Å². The summed E-state index contributed by atoms with van der Waals surface area (Å²) >= 11 is 1.49. The van der Waals surface area contributed by atoms with Gasteiger partial charge in [0.05, 0.1) is 10.6 Å². The molecule has 0 aromatic carbocycles. The second kappa shape index (κ2) is 3.72. The lowest BCUT2D eigenvalue weighted by Crippen LogP contribution is -2.19. The molecule has 13 heavy (non-hydrogen) atoms. The fourth-order valence-corrected chi connectivity index (χ4v) is 2.05. The van der Waals surface area contributed by atoms with Crippen molar-refractivity contribution in [2.24, 2.45) is 0 Å². The van der Waals surface area contributed by atoms with Crippen LogP contribution in [0.5, 0.6) is 0 Å². The normalized spacial score (nSPS) is 14.5. The highest BCUT2D eigenvalue weighted by molar-refractivity contribution is 7.05. The van der Waals surface area contributed by atoms with Crippen LogP contribution in [0.3, 0.4) is 0 Å². The summed E-state index contributed by atoms with van der Waals surface area (Å²) in [5, 5.41) is 7.40. The molecule has 0 saturated carbocycles. The van der Waals surface area contributed by atoms with Gasteiger partial charge in [-0.25, -0.2) is 0 Å². The third-order valence-corrected chi connectivity index (χ3v) is 2.96. The summed E-state index contributed by atoms with van der Waals surface area (Å²) in [5.41, 5.74) is 1.20. The molecule has 0 amide bonds. The van der Waals surface area contributed by atoms with Crippen molar-refractivity contribution in [1.82, 2.24) is 14.9 Å². The van der Waals surface area contributed by atoms with E-state index < -0.39 is 0 Å². The summed E-state index contributed by atoms with van der Waals surface area (Å²) in [5.74, 6) is 0. The molecular weight excluding hydrogens is 182 g/mol. The van der Waals surface area contributed by atoms with Crippen LogP contribution in [0.15, 0.2) is 0 Å². The number of hydrogen-bond donors (Lipinski definition) is 1. The van der Waals surface area contributed by atoms with Crippen molar-refractivity contribution >= 4 is 11.5 Å². The van der Waals surface area contributed by atoms with Gasteiger partial charge in [0.15, 0.2) is 0 Å². The van der Waals surface area contributed by atoms with Crippen LogP contribution in [0.4, 0.5) is 0 Å². The minimum atomic E-state index is 0.0907. The van der Waals surface area contributed by atoms with Crippen LogP contribution >= 0.6 is 11.5 Å². The fraction of sp³-hybridized carbons (Fsp3) is 0.778. The number of aromatic nitrogens is 2. The van der Waals surface area contributed by atoms with Crippen molar-refractivity contribution < 1.29 is 0 Å². The van der Waals surface area contributed by atoms with Crippen LogP contribution in [0.2, 0.25) is 0 Å². The minimum absolute atomic E-state index is 0.0907. The Morgan fingerprint density at radius 3 is 2.46 bits per heavy atom. The van der Waals surface area contributed by atoms with Crippen LogP contribution in [0.1, 0.15) is 44.3 Å². The second-order valence-corrected chi connectivity index (χ2v) is 5.03. The molecule has 74 valence electrons. The smallest absolute Gasteiger partial charge is 0.0856 e. The highest BCUT2D eigenvalue weighted by atomic mass is 32.1. The standard InChI is InChI=1S/C9H17N3S/c1-6(10-5)7-8(9(2,3)4)11-12-13-7/h6,10H,1-5H3. The van der Waals surface area contributed by atoms with Gasteiger partial charge in [-0.15, -0.1) is 5.10 Å². The molecule has 0 fully saturated rings. The molecule has 0 saturated heterocycles. The molecule has 1 heterocycles. The van der Waals surface area contributed by atoms with Crippen LogP contribution in [0.25, 0.3) is 0 Å². The monoisotopic (exact) mass is 199 g/mol. The molecule has 1 unspecified atom stereocenters. The third-order valence-electron chi connectivity index (χ3n) is 2.05. The molecule has 0 bridgehead atoms. The molecule has 0 spiro atoms. The van der Waals surface area contributed by atoms with Gasteiger partial charge in [-0.2, -0.15) is 0 Å². The minimum Gasteiger partial charge on any atom is -0.312 e. The maximum absolute atomic E-state index is 4.19. The number of hydrogen-bond acceptors (Lipinski definition) is 4. The van der Waals surface area contributed by atoms with Crippen LogP contribution in [-0.4, -0.2) is 16.6 Å². The van der Waals surface area contributed by atoms with E-state index in [-0.39, 0.29) is 5.41 Å². The molecule has 3 nitrogen and oxygen atoms in total. The zero-order chi connectivity index (χ0) is 10.1. The summed E-state index contributed by atoms with van der Waals surface area (Å²) in [6.07, 6.45) is 0. The van der Waals surface area contributed by atoms with Gasteiger partial charge in [0.1, 0.15) is 0 Å². The van der Waals surface area contributed by atoms with Gasteiger partial charge in [-0.3, -0.25) is 0 Å². The van der Waals surface area contributed by atoms with Gasteiger partial charge in [0.2, 0.25) is 0 Å². The van der Waals surface area contributed by atoms with Crippen LogP contribution in [0, 0.1) is 0 Å². The molecule has 1 atom stereocenters. The first-order valence-electron chi connectivity index (χ1n) is 4.47. The number of nitrogens with one attached hydrogen (secondary N) is 1. The molecule has 1 rings (SSSR count). The SMILES string of the molecule is CNC(C)c1snnc1C(C)(C)C. The van der Waals surface area contributed by atoms with Gasteiger partial charge in [-0.05, 0) is 25.5 Å². The van der Waals surface area contributed by atoms with E-state index in [0.717, 1.165) is 5.69 Å². The predicted molar refractivity (Wildman–Crippen MR) is 56.1 cm³/mol. The maximum atomic E-state index is 4.19. The van der Waals surface area contributed by atoms with E-state index in [0.29, 0.717) is 6.04 Å². The maximum Gasteiger partial charge on any atom is 0.0856 e. The second-order valence-electron chi connectivity index (χ2n) is 4.25. The van der Waals surface area contributed by atoms with Gasteiger partial charge in [-0.1, -0.05) is 25.3 Å². The molecule has 4 heteroatoms. The van der Waals surface area contributed by atoms with Crippen molar-refractivity contribution in [3.8, 4) is 0 Å². The average molecular weight is 199 g/mol. The molecular formula is C9H17N3S. The summed E-state index contributed by atoms with van der Waals surface area (Å²) < 4.78 is 4.01. The predicted octanol–water partition coefficient (Wildman–Crippen LogP) is 2.12. The third kappa shape index (κ3) is 2.25. The van der Waals surface area contributed by atoms with E-state index in [2.05, 4.69) is 42.6 Å². The summed E-state index contributed by atoms with van der Waals surface area (Å²) in [6, 6.07) is 0.342. The van der Waals surface area contributed by atoms with E-state index in [9.17, 15) is 0 Å². The lowest BCUT2D eigenvalue weighted by Gasteiger charge is -2.18. The Morgan fingerprint density at radius 2 is 2.00 bits per heavy atom. The molecule has 0 radical (unpaired) electrons. The Morgan fingerprint density at radius 1 is 1.38 bits per heavy atom. The van der Waals surface area contributed by atoms with Crippen molar-refractivity contribution in [1.29, 1.82) is 0 Å². The Labute approximate surface area is 83.7 Å². The number of rotatable bonds is 2. The van der Waals surface area contributed by atoms with Crippen molar-refractivity contribution in [3.63, 3.8) is 0 Å². The Hall–Kier alpha value is -0.480. The van der Waals surface area contributed by atoms with E-state index in [4.69, 9.17) is 0 Å². The van der Waals surface area contributed by atoms with Crippen LogP contribution in [-0.2, 0) is 5.41 Å². The van der Waals surface area contributed by atoms with E-state index in [1.54, 1.807) is 0 Å². The zero-order valence-electron chi connectivity index (χ0n) is 8.88. The Kier molecular flexibility index (Phi) is 3.03. The topological polar surface area (TPSA) is 37.8 Å². The Balaban J connectivity index is 3.03. The number of nitrogens with zero attached hydrogens (tertiary/aromatic N) is 2. The van der Waals surface area contributed by atoms with E-state index >= 15 is 0 Å². The first-order valence-corrected chi connectivity index (χ1v) is 5.24.